The molecule has 2 heterocycles. The van der Waals surface area contributed by atoms with Gasteiger partial charge in [-0.1, -0.05) is 20.8 Å². The lowest BCUT2D eigenvalue weighted by Gasteiger charge is -2.33. The van der Waals surface area contributed by atoms with Crippen LogP contribution in [0.4, 0.5) is 0 Å². The molecular weight excluding hydrogens is 236 g/mol. The van der Waals surface area contributed by atoms with E-state index in [2.05, 4.69) is 49.1 Å². The molecule has 1 N–H and O–H groups in total. The lowest BCUT2D eigenvalue weighted by molar-refractivity contribution is 0.189. The van der Waals surface area contributed by atoms with Crippen LogP contribution >= 0.6 is 0 Å². The monoisotopic (exact) mass is 264 g/mol. The standard InChI is InChI=1S/C15H28N4/c1-12-9-13(18(5)17-12)10-19-8-6-7-16-14(11-19)15(2,3)4/h9,14,16H,6-8,10-11H2,1-5H3. The Hall–Kier alpha value is -0.870. The van der Waals surface area contributed by atoms with Gasteiger partial charge in [-0.25, -0.2) is 0 Å². The largest absolute Gasteiger partial charge is 0.312 e. The van der Waals surface area contributed by atoms with Crippen LogP contribution in [0, 0.1) is 12.3 Å². The van der Waals surface area contributed by atoms with E-state index in [1.807, 2.05) is 11.7 Å². The summed E-state index contributed by atoms with van der Waals surface area (Å²) in [5.41, 5.74) is 2.73. The van der Waals surface area contributed by atoms with E-state index in [4.69, 9.17) is 0 Å². The highest BCUT2D eigenvalue weighted by Crippen LogP contribution is 2.22. The minimum absolute atomic E-state index is 0.310. The Kier molecular flexibility index (Phi) is 4.31. The van der Waals surface area contributed by atoms with Crippen LogP contribution in [0.25, 0.3) is 0 Å². The average molecular weight is 264 g/mol. The normalized spacial score (nSPS) is 22.5. The SMILES string of the molecule is Cc1cc(CN2CCCNC(C(C)(C)C)C2)n(C)n1. The average Bonchev–Trinajstić information content (AvgIpc) is 2.52. The third kappa shape index (κ3) is 3.80. The molecule has 1 saturated heterocycles. The van der Waals surface area contributed by atoms with E-state index in [-0.39, 0.29) is 0 Å². The molecule has 1 aromatic heterocycles. The Morgan fingerprint density at radius 2 is 2.16 bits per heavy atom. The van der Waals surface area contributed by atoms with E-state index < -0.39 is 0 Å². The Balaban J connectivity index is 2.04. The second-order valence-electron chi connectivity index (χ2n) is 6.86. The summed E-state index contributed by atoms with van der Waals surface area (Å²) in [5.74, 6) is 0. The number of aryl methyl sites for hydroxylation is 2. The minimum atomic E-state index is 0.310. The van der Waals surface area contributed by atoms with E-state index in [0.717, 1.165) is 25.3 Å². The predicted octanol–water partition coefficient (Wildman–Crippen LogP) is 1.94. The third-order valence-corrected chi connectivity index (χ3v) is 4.01. The van der Waals surface area contributed by atoms with Gasteiger partial charge in [0.15, 0.2) is 0 Å². The highest BCUT2D eigenvalue weighted by Gasteiger charge is 2.28. The van der Waals surface area contributed by atoms with Crippen LogP contribution in [0.15, 0.2) is 6.07 Å². The van der Waals surface area contributed by atoms with Gasteiger partial charge in [0, 0.05) is 26.2 Å². The third-order valence-electron chi connectivity index (χ3n) is 4.01. The fraction of sp³-hybridized carbons (Fsp3) is 0.800. The molecule has 2 rings (SSSR count). The van der Waals surface area contributed by atoms with Crippen molar-refractivity contribution in [2.24, 2.45) is 12.5 Å². The van der Waals surface area contributed by atoms with Crippen molar-refractivity contribution in [1.82, 2.24) is 20.0 Å². The molecule has 1 unspecified atom stereocenters. The second kappa shape index (κ2) is 5.63. The maximum atomic E-state index is 4.44. The van der Waals surface area contributed by atoms with Crippen LogP contribution in [-0.4, -0.2) is 40.4 Å². The summed E-state index contributed by atoms with van der Waals surface area (Å²) < 4.78 is 2.01. The zero-order valence-corrected chi connectivity index (χ0v) is 13.0. The first-order valence-electron chi connectivity index (χ1n) is 7.31. The van der Waals surface area contributed by atoms with Gasteiger partial charge >= 0.3 is 0 Å². The summed E-state index contributed by atoms with van der Waals surface area (Å²) in [4.78, 5) is 2.56. The molecule has 4 heteroatoms. The van der Waals surface area contributed by atoms with Gasteiger partial charge in [-0.3, -0.25) is 9.58 Å². The molecule has 1 aliphatic heterocycles. The fourth-order valence-electron chi connectivity index (χ4n) is 2.76. The molecule has 0 aromatic carbocycles. The van der Waals surface area contributed by atoms with E-state index >= 15 is 0 Å². The molecule has 0 bridgehead atoms. The molecule has 1 atom stereocenters. The predicted molar refractivity (Wildman–Crippen MR) is 79.1 cm³/mol. The van der Waals surface area contributed by atoms with Gasteiger partial charge in [0.2, 0.25) is 0 Å². The van der Waals surface area contributed by atoms with Crippen molar-refractivity contribution >= 4 is 0 Å². The van der Waals surface area contributed by atoms with Crippen LogP contribution in [0.3, 0.4) is 0 Å². The highest BCUT2D eigenvalue weighted by atomic mass is 15.3. The molecule has 1 aliphatic rings. The van der Waals surface area contributed by atoms with Crippen molar-refractivity contribution in [3.05, 3.63) is 17.5 Å². The number of hydrogen-bond acceptors (Lipinski definition) is 3. The fourth-order valence-corrected chi connectivity index (χ4v) is 2.76. The van der Waals surface area contributed by atoms with Gasteiger partial charge in [-0.2, -0.15) is 5.10 Å². The Bertz CT molecular complexity index is 416. The summed E-state index contributed by atoms with van der Waals surface area (Å²) in [6.07, 6.45) is 1.23. The van der Waals surface area contributed by atoms with Gasteiger partial charge in [-0.15, -0.1) is 0 Å². The first-order valence-corrected chi connectivity index (χ1v) is 7.31. The van der Waals surface area contributed by atoms with Gasteiger partial charge in [0.25, 0.3) is 0 Å². The van der Waals surface area contributed by atoms with Crippen molar-refractivity contribution in [3.63, 3.8) is 0 Å². The quantitative estimate of drug-likeness (QED) is 0.886. The molecule has 19 heavy (non-hydrogen) atoms. The Morgan fingerprint density at radius 1 is 1.42 bits per heavy atom. The zero-order chi connectivity index (χ0) is 14.0. The van der Waals surface area contributed by atoms with Crippen molar-refractivity contribution in [2.75, 3.05) is 19.6 Å². The molecule has 108 valence electrons. The van der Waals surface area contributed by atoms with Crippen molar-refractivity contribution in [3.8, 4) is 0 Å². The van der Waals surface area contributed by atoms with Gasteiger partial charge in [0.1, 0.15) is 0 Å². The van der Waals surface area contributed by atoms with Crippen molar-refractivity contribution in [1.29, 1.82) is 0 Å². The summed E-state index contributed by atoms with van der Waals surface area (Å²) in [6.45, 7) is 13.4. The number of hydrogen-bond donors (Lipinski definition) is 1. The molecule has 0 saturated carbocycles. The first-order chi connectivity index (χ1) is 8.86. The van der Waals surface area contributed by atoms with Crippen molar-refractivity contribution in [2.45, 2.75) is 46.7 Å². The lowest BCUT2D eigenvalue weighted by Crippen LogP contribution is -2.46. The summed E-state index contributed by atoms with van der Waals surface area (Å²) >= 11 is 0. The first kappa shape index (κ1) is 14.5. The maximum Gasteiger partial charge on any atom is 0.0597 e. The molecule has 1 aromatic rings. The molecule has 0 aliphatic carbocycles. The topological polar surface area (TPSA) is 33.1 Å². The van der Waals surface area contributed by atoms with E-state index in [0.29, 0.717) is 11.5 Å². The van der Waals surface area contributed by atoms with Gasteiger partial charge in [-0.05, 0) is 37.9 Å². The van der Waals surface area contributed by atoms with Crippen LogP contribution in [0.1, 0.15) is 38.6 Å². The van der Waals surface area contributed by atoms with E-state index in [1.165, 1.54) is 18.7 Å². The molecule has 4 nitrogen and oxygen atoms in total. The van der Waals surface area contributed by atoms with Crippen LogP contribution in [0.2, 0.25) is 0 Å². The van der Waals surface area contributed by atoms with Crippen LogP contribution in [0.5, 0.6) is 0 Å². The number of rotatable bonds is 2. The minimum Gasteiger partial charge on any atom is -0.312 e. The molecule has 1 fully saturated rings. The molecular formula is C15H28N4. The lowest BCUT2D eigenvalue weighted by atomic mass is 9.86. The highest BCUT2D eigenvalue weighted by molar-refractivity contribution is 5.08. The Morgan fingerprint density at radius 3 is 2.74 bits per heavy atom. The second-order valence-corrected chi connectivity index (χ2v) is 6.86. The summed E-state index contributed by atoms with van der Waals surface area (Å²) in [6, 6.07) is 2.76. The number of nitrogens with zero attached hydrogens (tertiary/aromatic N) is 3. The summed E-state index contributed by atoms with van der Waals surface area (Å²) in [7, 11) is 2.04. The van der Waals surface area contributed by atoms with Crippen LogP contribution in [-0.2, 0) is 13.6 Å². The van der Waals surface area contributed by atoms with Gasteiger partial charge < -0.3 is 5.32 Å². The number of aromatic nitrogens is 2. The molecule has 0 radical (unpaired) electrons. The van der Waals surface area contributed by atoms with E-state index in [9.17, 15) is 0 Å². The smallest absolute Gasteiger partial charge is 0.0597 e. The van der Waals surface area contributed by atoms with Crippen molar-refractivity contribution < 1.29 is 0 Å². The number of nitrogens with one attached hydrogen (secondary N) is 1. The zero-order valence-electron chi connectivity index (χ0n) is 13.0. The Labute approximate surface area is 117 Å². The van der Waals surface area contributed by atoms with Gasteiger partial charge in [0.05, 0.1) is 11.4 Å². The van der Waals surface area contributed by atoms with E-state index in [1.54, 1.807) is 0 Å². The van der Waals surface area contributed by atoms with Crippen LogP contribution < -0.4 is 5.32 Å². The molecule has 0 amide bonds. The summed E-state index contributed by atoms with van der Waals surface area (Å²) in [5, 5.41) is 8.14. The maximum absolute atomic E-state index is 4.44. The molecule has 0 spiro atoms.